The molecule has 0 bridgehead atoms. The van der Waals surface area contributed by atoms with Gasteiger partial charge >= 0.3 is 5.97 Å². The fourth-order valence-electron chi connectivity index (χ4n) is 4.21. The van der Waals surface area contributed by atoms with E-state index in [1.807, 2.05) is 73.7 Å². The van der Waals surface area contributed by atoms with Crippen molar-refractivity contribution >= 4 is 16.9 Å². The summed E-state index contributed by atoms with van der Waals surface area (Å²) in [5.41, 5.74) is 4.65. The van der Waals surface area contributed by atoms with Crippen molar-refractivity contribution in [3.8, 4) is 5.75 Å². The Morgan fingerprint density at radius 1 is 1.00 bits per heavy atom. The van der Waals surface area contributed by atoms with E-state index in [9.17, 15) is 9.90 Å². The smallest absolute Gasteiger partial charge is 0.340 e. The summed E-state index contributed by atoms with van der Waals surface area (Å²) in [7, 11) is 0. The lowest BCUT2D eigenvalue weighted by Gasteiger charge is -2.14. The number of hydrogen-bond acceptors (Lipinski definition) is 5. The van der Waals surface area contributed by atoms with Crippen molar-refractivity contribution in [3.05, 3.63) is 101 Å². The summed E-state index contributed by atoms with van der Waals surface area (Å²) in [4.78, 5) is 12.8. The Morgan fingerprint density at radius 3 is 2.37 bits per heavy atom. The number of esters is 1. The number of ether oxygens (including phenoxy) is 2. The third kappa shape index (κ3) is 6.10. The lowest BCUT2D eigenvalue weighted by Crippen LogP contribution is -2.31. The third-order valence-corrected chi connectivity index (χ3v) is 5.95. The zero-order valence-corrected chi connectivity index (χ0v) is 20.2. The van der Waals surface area contributed by atoms with Crippen LogP contribution in [0.15, 0.2) is 78.9 Å². The zero-order valence-electron chi connectivity index (χ0n) is 20.2. The van der Waals surface area contributed by atoms with Crippen molar-refractivity contribution in [3.63, 3.8) is 0 Å². The highest BCUT2D eigenvalue weighted by Gasteiger charge is 2.22. The summed E-state index contributed by atoms with van der Waals surface area (Å²) in [6.45, 7) is 5.94. The minimum absolute atomic E-state index is 0.145. The maximum Gasteiger partial charge on any atom is 0.340 e. The number of rotatable bonds is 11. The molecule has 1 heterocycles. The van der Waals surface area contributed by atoms with E-state index in [1.165, 1.54) is 0 Å². The Bertz CT molecular complexity index is 1250. The van der Waals surface area contributed by atoms with Crippen LogP contribution in [-0.4, -0.2) is 41.5 Å². The van der Waals surface area contributed by atoms with Gasteiger partial charge in [-0.1, -0.05) is 60.7 Å². The number of fused-ring (bicyclic) bond motifs is 1. The van der Waals surface area contributed by atoms with E-state index < -0.39 is 6.10 Å². The molecule has 0 aliphatic rings. The number of carbonyl (C=O) groups is 1. The number of aromatic nitrogens is 1. The molecule has 0 amide bonds. The van der Waals surface area contributed by atoms with Gasteiger partial charge in [-0.3, -0.25) is 0 Å². The van der Waals surface area contributed by atoms with Gasteiger partial charge in [0, 0.05) is 36.2 Å². The van der Waals surface area contributed by atoms with E-state index in [0.717, 1.165) is 27.7 Å². The molecule has 0 saturated carbocycles. The quantitative estimate of drug-likeness (QED) is 0.310. The van der Waals surface area contributed by atoms with Crippen LogP contribution in [0.3, 0.4) is 0 Å². The molecule has 3 aromatic carbocycles. The van der Waals surface area contributed by atoms with E-state index in [-0.39, 0.29) is 12.6 Å². The highest BCUT2D eigenvalue weighted by atomic mass is 16.5. The van der Waals surface area contributed by atoms with Gasteiger partial charge in [-0.25, -0.2) is 4.79 Å². The molecule has 35 heavy (non-hydrogen) atoms. The lowest BCUT2D eigenvalue weighted by molar-refractivity contribution is 0.0527. The molecule has 0 aliphatic heterocycles. The monoisotopic (exact) mass is 472 g/mol. The fraction of sp³-hybridized carbons (Fsp3) is 0.276. The molecular weight excluding hydrogens is 440 g/mol. The lowest BCUT2D eigenvalue weighted by atomic mass is 10.1. The van der Waals surface area contributed by atoms with Crippen LogP contribution >= 0.6 is 0 Å². The molecule has 0 radical (unpaired) electrons. The second kappa shape index (κ2) is 11.7. The molecule has 4 aromatic rings. The molecule has 0 unspecified atom stereocenters. The van der Waals surface area contributed by atoms with E-state index in [2.05, 4.69) is 22.0 Å². The fourth-order valence-corrected chi connectivity index (χ4v) is 4.21. The summed E-state index contributed by atoms with van der Waals surface area (Å²) in [5.74, 6) is 0.256. The molecule has 6 nitrogen and oxygen atoms in total. The van der Waals surface area contributed by atoms with Crippen LogP contribution in [0.2, 0.25) is 0 Å². The molecule has 1 atom stereocenters. The van der Waals surface area contributed by atoms with Crippen molar-refractivity contribution in [2.24, 2.45) is 0 Å². The summed E-state index contributed by atoms with van der Waals surface area (Å²) in [6.07, 6.45) is -0.664. The second-order valence-corrected chi connectivity index (χ2v) is 8.51. The first-order valence-electron chi connectivity index (χ1n) is 12.0. The number of carbonyl (C=O) groups excluding carboxylic acids is 1. The SMILES string of the molecule is CCOC(=O)c1c(C)n(Cc2ccccc2)c2ccc(OC[C@@H](O)CNCc3ccccc3)cc12. The minimum Gasteiger partial charge on any atom is -0.491 e. The molecule has 6 heteroatoms. The molecule has 0 saturated heterocycles. The van der Waals surface area contributed by atoms with Gasteiger partial charge in [0.2, 0.25) is 0 Å². The number of nitrogens with zero attached hydrogens (tertiary/aromatic N) is 1. The standard InChI is InChI=1S/C29H32N2O4/c1-3-34-29(33)28-21(2)31(19-23-12-8-5-9-13-23)27-15-14-25(16-26(27)28)35-20-24(32)18-30-17-22-10-6-4-7-11-22/h4-16,24,30,32H,3,17-20H2,1-2H3/t24-/m0/s1. The summed E-state index contributed by atoms with van der Waals surface area (Å²) in [5, 5.41) is 14.4. The van der Waals surface area contributed by atoms with Crippen LogP contribution in [0.5, 0.6) is 5.75 Å². The molecular formula is C29H32N2O4. The van der Waals surface area contributed by atoms with E-state index in [1.54, 1.807) is 6.92 Å². The van der Waals surface area contributed by atoms with Crippen molar-refractivity contribution in [2.45, 2.75) is 33.0 Å². The molecule has 0 aliphatic carbocycles. The predicted octanol–water partition coefficient (Wildman–Crippen LogP) is 4.70. The number of nitrogens with one attached hydrogen (secondary N) is 1. The maximum atomic E-state index is 12.8. The van der Waals surface area contributed by atoms with Crippen molar-refractivity contribution in [1.82, 2.24) is 9.88 Å². The highest BCUT2D eigenvalue weighted by molar-refractivity contribution is 6.06. The number of benzene rings is 3. The van der Waals surface area contributed by atoms with Gasteiger partial charge in [0.1, 0.15) is 18.5 Å². The first-order valence-corrected chi connectivity index (χ1v) is 12.0. The van der Waals surface area contributed by atoms with Gasteiger partial charge in [0.05, 0.1) is 12.2 Å². The maximum absolute atomic E-state index is 12.8. The molecule has 4 rings (SSSR count). The highest BCUT2D eigenvalue weighted by Crippen LogP contribution is 2.31. The molecule has 182 valence electrons. The van der Waals surface area contributed by atoms with Crippen molar-refractivity contribution < 1.29 is 19.4 Å². The van der Waals surface area contributed by atoms with Crippen LogP contribution < -0.4 is 10.1 Å². The van der Waals surface area contributed by atoms with Gasteiger partial charge in [-0.2, -0.15) is 0 Å². The first-order chi connectivity index (χ1) is 17.1. The largest absolute Gasteiger partial charge is 0.491 e. The molecule has 0 fully saturated rings. The average Bonchev–Trinajstić information content (AvgIpc) is 3.14. The summed E-state index contributed by atoms with van der Waals surface area (Å²) in [6, 6.07) is 25.9. The summed E-state index contributed by atoms with van der Waals surface area (Å²) < 4.78 is 13.4. The Morgan fingerprint density at radius 2 is 1.69 bits per heavy atom. The Hall–Kier alpha value is -3.61. The average molecular weight is 473 g/mol. The van der Waals surface area contributed by atoms with Crippen molar-refractivity contribution in [2.75, 3.05) is 19.8 Å². The zero-order chi connectivity index (χ0) is 24.6. The van der Waals surface area contributed by atoms with Crippen LogP contribution in [0.1, 0.15) is 34.1 Å². The number of hydrogen-bond donors (Lipinski definition) is 2. The van der Waals surface area contributed by atoms with Gasteiger partial charge in [0.25, 0.3) is 0 Å². The second-order valence-electron chi connectivity index (χ2n) is 8.51. The van der Waals surface area contributed by atoms with Crippen LogP contribution in [0, 0.1) is 6.92 Å². The van der Waals surface area contributed by atoms with E-state index in [4.69, 9.17) is 9.47 Å². The van der Waals surface area contributed by atoms with Crippen LogP contribution in [0.25, 0.3) is 10.9 Å². The van der Waals surface area contributed by atoms with Gasteiger partial charge < -0.3 is 24.5 Å². The first kappa shape index (κ1) is 24.5. The number of aliphatic hydroxyl groups excluding tert-OH is 1. The van der Waals surface area contributed by atoms with Gasteiger partial charge in [-0.15, -0.1) is 0 Å². The summed E-state index contributed by atoms with van der Waals surface area (Å²) >= 11 is 0. The third-order valence-electron chi connectivity index (χ3n) is 5.95. The van der Waals surface area contributed by atoms with Crippen LogP contribution in [-0.2, 0) is 17.8 Å². The Balaban J connectivity index is 1.49. The van der Waals surface area contributed by atoms with E-state index >= 15 is 0 Å². The Kier molecular flexibility index (Phi) is 8.19. The normalized spacial score (nSPS) is 12.0. The predicted molar refractivity (Wildman–Crippen MR) is 138 cm³/mol. The van der Waals surface area contributed by atoms with Gasteiger partial charge in [0.15, 0.2) is 0 Å². The molecule has 1 aromatic heterocycles. The molecule has 0 spiro atoms. The van der Waals surface area contributed by atoms with E-state index in [0.29, 0.717) is 37.6 Å². The topological polar surface area (TPSA) is 72.7 Å². The van der Waals surface area contributed by atoms with Crippen molar-refractivity contribution in [1.29, 1.82) is 0 Å². The Labute approximate surface area is 206 Å². The minimum atomic E-state index is -0.664. The molecule has 2 N–H and O–H groups in total. The van der Waals surface area contributed by atoms with Gasteiger partial charge in [-0.05, 0) is 43.2 Å². The number of aliphatic hydroxyl groups is 1. The van der Waals surface area contributed by atoms with Crippen LogP contribution in [0.4, 0.5) is 0 Å².